The number of hydrogen-bond acceptors (Lipinski definition) is 6. The van der Waals surface area contributed by atoms with E-state index in [0.717, 1.165) is 62.6 Å². The number of anilines is 1. The Balaban J connectivity index is 1.33. The zero-order valence-corrected chi connectivity index (χ0v) is 14.5. The average Bonchev–Trinajstić information content (AvgIpc) is 2.67. The van der Waals surface area contributed by atoms with E-state index in [0.29, 0.717) is 6.54 Å². The molecule has 1 saturated heterocycles. The van der Waals surface area contributed by atoms with Gasteiger partial charge in [-0.25, -0.2) is 9.67 Å². The van der Waals surface area contributed by atoms with Crippen LogP contribution in [0.4, 0.5) is 5.82 Å². The van der Waals surface area contributed by atoms with Gasteiger partial charge >= 0.3 is 0 Å². The third-order valence-corrected chi connectivity index (χ3v) is 5.15. The number of piperazine rings is 1. The molecule has 0 spiro atoms. The summed E-state index contributed by atoms with van der Waals surface area (Å²) >= 11 is 0. The van der Waals surface area contributed by atoms with E-state index >= 15 is 0 Å². The molecular formula is C18H24N6O. The summed E-state index contributed by atoms with van der Waals surface area (Å²) in [5.74, 6) is 0.940. The molecular weight excluding hydrogens is 316 g/mol. The van der Waals surface area contributed by atoms with Crippen LogP contribution < -0.4 is 10.5 Å². The predicted octanol–water partition coefficient (Wildman–Crippen LogP) is 0.734. The molecule has 0 amide bonds. The minimum Gasteiger partial charge on any atom is -0.353 e. The molecule has 0 bridgehead atoms. The van der Waals surface area contributed by atoms with Gasteiger partial charge in [0, 0.05) is 51.2 Å². The van der Waals surface area contributed by atoms with Crippen LogP contribution >= 0.6 is 0 Å². The van der Waals surface area contributed by atoms with Gasteiger partial charge in [0.1, 0.15) is 5.82 Å². The van der Waals surface area contributed by atoms with Gasteiger partial charge in [0.25, 0.3) is 5.56 Å². The number of rotatable bonds is 4. The molecule has 2 aromatic rings. The number of nitrogens with zero attached hydrogens (tertiary/aromatic N) is 6. The van der Waals surface area contributed by atoms with Crippen LogP contribution in [0.1, 0.15) is 24.1 Å². The van der Waals surface area contributed by atoms with Crippen LogP contribution in [-0.4, -0.2) is 57.4 Å². The zero-order valence-electron chi connectivity index (χ0n) is 14.5. The predicted molar refractivity (Wildman–Crippen MR) is 95.8 cm³/mol. The fourth-order valence-electron chi connectivity index (χ4n) is 3.65. The van der Waals surface area contributed by atoms with Crippen LogP contribution in [-0.2, 0) is 19.4 Å². The van der Waals surface area contributed by atoms with Crippen molar-refractivity contribution in [1.82, 2.24) is 24.6 Å². The van der Waals surface area contributed by atoms with Crippen molar-refractivity contribution >= 4 is 5.82 Å². The summed E-state index contributed by atoms with van der Waals surface area (Å²) < 4.78 is 1.65. The van der Waals surface area contributed by atoms with Crippen LogP contribution in [0.5, 0.6) is 0 Å². The standard InChI is InChI=1S/C18H24N6O/c25-18-13-15-3-1-2-4-16(15)21-24(18)12-9-22-7-10-23(11-8-22)17-14-19-5-6-20-17/h5-6,13-14H,1-4,7-12H2. The van der Waals surface area contributed by atoms with Crippen molar-refractivity contribution in [2.24, 2.45) is 0 Å². The van der Waals surface area contributed by atoms with Crippen LogP contribution in [0, 0.1) is 0 Å². The fourth-order valence-corrected chi connectivity index (χ4v) is 3.65. The van der Waals surface area contributed by atoms with Crippen molar-refractivity contribution in [3.63, 3.8) is 0 Å². The Kier molecular flexibility index (Phi) is 4.74. The molecule has 0 radical (unpaired) electrons. The third-order valence-electron chi connectivity index (χ3n) is 5.15. The smallest absolute Gasteiger partial charge is 0.267 e. The SMILES string of the molecule is O=c1cc2c(nn1CCN1CCN(c3cnccn3)CC1)CCCC2. The van der Waals surface area contributed by atoms with Gasteiger partial charge in [-0.15, -0.1) is 0 Å². The molecule has 7 heteroatoms. The summed E-state index contributed by atoms with van der Waals surface area (Å²) in [4.78, 5) is 25.4. The molecule has 0 N–H and O–H groups in total. The summed E-state index contributed by atoms with van der Waals surface area (Å²) in [7, 11) is 0. The minimum atomic E-state index is 0.0406. The highest BCUT2D eigenvalue weighted by molar-refractivity contribution is 5.35. The topological polar surface area (TPSA) is 67.2 Å². The van der Waals surface area contributed by atoms with Gasteiger partial charge in [-0.05, 0) is 31.2 Å². The monoisotopic (exact) mass is 340 g/mol. The van der Waals surface area contributed by atoms with E-state index < -0.39 is 0 Å². The first-order valence-electron chi connectivity index (χ1n) is 9.13. The highest BCUT2D eigenvalue weighted by Gasteiger charge is 2.19. The molecule has 1 aliphatic carbocycles. The maximum atomic E-state index is 12.3. The number of aromatic nitrogens is 4. The lowest BCUT2D eigenvalue weighted by Gasteiger charge is -2.35. The Bertz CT molecular complexity index is 767. The van der Waals surface area contributed by atoms with E-state index in [9.17, 15) is 4.79 Å². The fraction of sp³-hybridized carbons (Fsp3) is 0.556. The number of fused-ring (bicyclic) bond motifs is 1. The molecule has 7 nitrogen and oxygen atoms in total. The summed E-state index contributed by atoms with van der Waals surface area (Å²) in [6, 6.07) is 1.80. The second kappa shape index (κ2) is 7.31. The van der Waals surface area contributed by atoms with Crippen molar-refractivity contribution in [3.05, 3.63) is 46.3 Å². The molecule has 0 saturated carbocycles. The molecule has 0 aromatic carbocycles. The maximum absolute atomic E-state index is 12.3. The quantitative estimate of drug-likeness (QED) is 0.818. The average molecular weight is 340 g/mol. The molecule has 4 rings (SSSR count). The Labute approximate surface area is 147 Å². The maximum Gasteiger partial charge on any atom is 0.267 e. The summed E-state index contributed by atoms with van der Waals surface area (Å²) in [5.41, 5.74) is 2.32. The van der Waals surface area contributed by atoms with Gasteiger partial charge < -0.3 is 4.90 Å². The molecule has 132 valence electrons. The van der Waals surface area contributed by atoms with Crippen LogP contribution in [0.2, 0.25) is 0 Å². The van der Waals surface area contributed by atoms with E-state index in [2.05, 4.69) is 24.9 Å². The normalized spacial score (nSPS) is 18.2. The molecule has 0 unspecified atom stereocenters. The van der Waals surface area contributed by atoms with E-state index in [-0.39, 0.29) is 5.56 Å². The van der Waals surface area contributed by atoms with Crippen molar-refractivity contribution in [1.29, 1.82) is 0 Å². The van der Waals surface area contributed by atoms with E-state index in [1.54, 1.807) is 23.1 Å². The number of aryl methyl sites for hydroxylation is 2. The largest absolute Gasteiger partial charge is 0.353 e. The molecule has 2 aromatic heterocycles. The Morgan fingerprint density at radius 1 is 1.00 bits per heavy atom. The lowest BCUT2D eigenvalue weighted by molar-refractivity contribution is 0.241. The second-order valence-corrected chi connectivity index (χ2v) is 6.78. The molecule has 1 fully saturated rings. The zero-order chi connectivity index (χ0) is 17.1. The Morgan fingerprint density at radius 3 is 2.64 bits per heavy atom. The number of hydrogen-bond donors (Lipinski definition) is 0. The van der Waals surface area contributed by atoms with Gasteiger partial charge in [-0.1, -0.05) is 0 Å². The van der Waals surface area contributed by atoms with Gasteiger partial charge in [0.2, 0.25) is 0 Å². The first-order chi connectivity index (χ1) is 12.3. The molecule has 25 heavy (non-hydrogen) atoms. The molecule has 3 heterocycles. The van der Waals surface area contributed by atoms with Crippen molar-refractivity contribution in [2.75, 3.05) is 37.6 Å². The van der Waals surface area contributed by atoms with Gasteiger partial charge in [-0.3, -0.25) is 14.7 Å². The second-order valence-electron chi connectivity index (χ2n) is 6.78. The lowest BCUT2D eigenvalue weighted by Crippen LogP contribution is -2.48. The van der Waals surface area contributed by atoms with Gasteiger partial charge in [0.05, 0.1) is 18.4 Å². The van der Waals surface area contributed by atoms with Crippen LogP contribution in [0.3, 0.4) is 0 Å². The van der Waals surface area contributed by atoms with Gasteiger partial charge in [0.15, 0.2) is 0 Å². The summed E-state index contributed by atoms with van der Waals surface area (Å²) in [6.07, 6.45) is 9.61. The Morgan fingerprint density at radius 2 is 1.84 bits per heavy atom. The van der Waals surface area contributed by atoms with Crippen LogP contribution in [0.25, 0.3) is 0 Å². The highest BCUT2D eigenvalue weighted by Crippen LogP contribution is 2.17. The molecule has 2 aliphatic rings. The van der Waals surface area contributed by atoms with E-state index in [1.807, 2.05) is 6.20 Å². The lowest BCUT2D eigenvalue weighted by atomic mass is 9.97. The highest BCUT2D eigenvalue weighted by atomic mass is 16.1. The first-order valence-corrected chi connectivity index (χ1v) is 9.13. The first kappa shape index (κ1) is 16.2. The molecule has 0 atom stereocenters. The molecule has 1 aliphatic heterocycles. The van der Waals surface area contributed by atoms with E-state index in [4.69, 9.17) is 0 Å². The van der Waals surface area contributed by atoms with Crippen LogP contribution in [0.15, 0.2) is 29.5 Å². The third kappa shape index (κ3) is 3.71. The Hall–Kier alpha value is -2.28. The summed E-state index contributed by atoms with van der Waals surface area (Å²) in [6.45, 7) is 5.33. The van der Waals surface area contributed by atoms with Gasteiger partial charge in [-0.2, -0.15) is 5.10 Å². The summed E-state index contributed by atoms with van der Waals surface area (Å²) in [5, 5.41) is 4.61. The van der Waals surface area contributed by atoms with Crippen molar-refractivity contribution in [3.8, 4) is 0 Å². The van der Waals surface area contributed by atoms with Crippen molar-refractivity contribution in [2.45, 2.75) is 32.2 Å². The van der Waals surface area contributed by atoms with Crippen molar-refractivity contribution < 1.29 is 0 Å². The minimum absolute atomic E-state index is 0.0406. The van der Waals surface area contributed by atoms with E-state index in [1.165, 1.54) is 12.8 Å².